The topological polar surface area (TPSA) is 91.4 Å². The second kappa shape index (κ2) is 9.72. The molecule has 0 aliphatic carbocycles. The summed E-state index contributed by atoms with van der Waals surface area (Å²) >= 11 is 0. The van der Waals surface area contributed by atoms with Gasteiger partial charge in [0, 0.05) is 54.3 Å². The van der Waals surface area contributed by atoms with E-state index in [9.17, 15) is 5.26 Å². The van der Waals surface area contributed by atoms with Gasteiger partial charge in [0.15, 0.2) is 0 Å². The van der Waals surface area contributed by atoms with E-state index in [0.29, 0.717) is 17.9 Å². The Morgan fingerprint density at radius 3 is 2.66 bits per heavy atom. The van der Waals surface area contributed by atoms with E-state index in [-0.39, 0.29) is 5.54 Å². The Balaban J connectivity index is 1.36. The predicted octanol–water partition coefficient (Wildman–Crippen LogP) is 3.86. The number of hydrogen-bond donors (Lipinski definition) is 1. The zero-order chi connectivity index (χ0) is 24.3. The third-order valence-corrected chi connectivity index (χ3v) is 6.90. The fourth-order valence-corrected chi connectivity index (χ4v) is 4.91. The molecular formula is C27H29N7O. The molecule has 178 valence electrons. The molecule has 8 nitrogen and oxygen atoms in total. The minimum atomic E-state index is 0.0474. The maximum atomic E-state index is 9.57. The fraction of sp³-hybridized carbons (Fsp3) is 0.333. The van der Waals surface area contributed by atoms with E-state index in [4.69, 9.17) is 9.72 Å². The van der Waals surface area contributed by atoms with Gasteiger partial charge in [-0.15, -0.1) is 0 Å². The van der Waals surface area contributed by atoms with E-state index in [1.807, 2.05) is 37.5 Å². The van der Waals surface area contributed by atoms with Crippen LogP contribution in [0.5, 0.6) is 5.75 Å². The van der Waals surface area contributed by atoms with Gasteiger partial charge in [-0.05, 0) is 57.1 Å². The van der Waals surface area contributed by atoms with Crippen molar-refractivity contribution in [2.45, 2.75) is 31.7 Å². The van der Waals surface area contributed by atoms with Crippen LogP contribution in [-0.4, -0.2) is 51.9 Å². The molecule has 1 N–H and O–H groups in total. The minimum absolute atomic E-state index is 0.0474. The van der Waals surface area contributed by atoms with Crippen molar-refractivity contribution < 1.29 is 4.74 Å². The summed E-state index contributed by atoms with van der Waals surface area (Å²) in [6.45, 7) is 4.34. The summed E-state index contributed by atoms with van der Waals surface area (Å²) in [6, 6.07) is 14.4. The average molecular weight is 468 g/mol. The monoisotopic (exact) mass is 467 g/mol. The summed E-state index contributed by atoms with van der Waals surface area (Å²) in [5, 5.41) is 17.5. The first kappa shape index (κ1) is 22.8. The Bertz CT molecular complexity index is 1330. The molecule has 0 aromatic carbocycles. The number of ether oxygens (including phenoxy) is 1. The summed E-state index contributed by atoms with van der Waals surface area (Å²) in [6.07, 6.45) is 10.1. The van der Waals surface area contributed by atoms with Crippen LogP contribution in [0.4, 0.5) is 5.82 Å². The number of fused-ring (bicyclic) bond motifs is 1. The average Bonchev–Trinajstić information content (AvgIpc) is 3.33. The molecule has 1 saturated heterocycles. The molecule has 1 aliphatic heterocycles. The molecule has 0 saturated carbocycles. The zero-order valence-electron chi connectivity index (χ0n) is 20.1. The number of piperidine rings is 1. The van der Waals surface area contributed by atoms with Crippen molar-refractivity contribution in [1.82, 2.24) is 24.9 Å². The normalized spacial score (nSPS) is 15.2. The van der Waals surface area contributed by atoms with E-state index in [0.717, 1.165) is 60.5 Å². The number of nitriles is 1. The molecule has 4 aromatic heterocycles. The SMILES string of the molecule is CCOc1cc(-c2ccc(N3CCC(Cc4ccccn4)(NC)CC3)nc2)c2c(C#N)cnn2c1. The maximum absolute atomic E-state index is 9.57. The Morgan fingerprint density at radius 1 is 1.14 bits per heavy atom. The van der Waals surface area contributed by atoms with Crippen LogP contribution in [0, 0.1) is 11.3 Å². The molecule has 0 unspecified atom stereocenters. The Labute approximate surface area is 205 Å². The molecule has 8 heteroatoms. The summed E-state index contributed by atoms with van der Waals surface area (Å²) in [5.41, 5.74) is 4.26. The van der Waals surface area contributed by atoms with E-state index in [1.165, 1.54) is 0 Å². The highest BCUT2D eigenvalue weighted by molar-refractivity contribution is 5.85. The molecule has 0 amide bonds. The van der Waals surface area contributed by atoms with Gasteiger partial charge in [0.05, 0.1) is 30.1 Å². The molecule has 1 aliphatic rings. The third kappa shape index (κ3) is 4.55. The lowest BCUT2D eigenvalue weighted by Gasteiger charge is -2.42. The van der Waals surface area contributed by atoms with Crippen molar-refractivity contribution in [3.8, 4) is 22.9 Å². The molecule has 1 fully saturated rings. The van der Waals surface area contributed by atoms with Crippen LogP contribution in [0.25, 0.3) is 16.6 Å². The van der Waals surface area contributed by atoms with Crippen molar-refractivity contribution in [1.29, 1.82) is 5.26 Å². The number of rotatable bonds is 7. The van der Waals surface area contributed by atoms with Crippen molar-refractivity contribution in [2.75, 3.05) is 31.6 Å². The van der Waals surface area contributed by atoms with Crippen LogP contribution in [0.1, 0.15) is 31.0 Å². The standard InChI is InChI=1S/C27H29N7O/c1-3-35-23-14-24(26-21(16-28)18-32-34(26)19-23)20-7-8-25(31-17-20)33-12-9-27(29-2,10-13-33)15-22-6-4-5-11-30-22/h4-8,11,14,17-19,29H,3,9-10,12-13,15H2,1-2H3. The first-order chi connectivity index (χ1) is 17.1. The molecule has 4 aromatic rings. The number of aromatic nitrogens is 4. The van der Waals surface area contributed by atoms with E-state index in [2.05, 4.69) is 51.6 Å². The zero-order valence-corrected chi connectivity index (χ0v) is 20.1. The van der Waals surface area contributed by atoms with Gasteiger partial charge in [-0.25, -0.2) is 9.50 Å². The van der Waals surface area contributed by atoms with Crippen molar-refractivity contribution in [3.63, 3.8) is 0 Å². The van der Waals surface area contributed by atoms with E-state index >= 15 is 0 Å². The number of nitrogens with zero attached hydrogens (tertiary/aromatic N) is 6. The first-order valence-corrected chi connectivity index (χ1v) is 12.0. The van der Waals surface area contributed by atoms with Crippen molar-refractivity contribution >= 4 is 11.3 Å². The second-order valence-electron chi connectivity index (χ2n) is 8.91. The van der Waals surface area contributed by atoms with Crippen LogP contribution < -0.4 is 15.0 Å². The number of likely N-dealkylation sites (N-methyl/N-ethyl adjacent to an activating group) is 1. The molecule has 5 heterocycles. The molecule has 0 radical (unpaired) electrons. The summed E-state index contributed by atoms with van der Waals surface area (Å²) in [5.74, 6) is 1.67. The molecule has 5 rings (SSSR count). The lowest BCUT2D eigenvalue weighted by Crippen LogP contribution is -2.53. The fourth-order valence-electron chi connectivity index (χ4n) is 4.91. The quantitative estimate of drug-likeness (QED) is 0.441. The molecule has 0 atom stereocenters. The highest BCUT2D eigenvalue weighted by atomic mass is 16.5. The van der Waals surface area contributed by atoms with Gasteiger partial charge in [-0.3, -0.25) is 4.98 Å². The van der Waals surface area contributed by atoms with Gasteiger partial charge in [-0.1, -0.05) is 6.07 Å². The second-order valence-corrected chi connectivity index (χ2v) is 8.91. The number of hydrogen-bond acceptors (Lipinski definition) is 7. The van der Waals surface area contributed by atoms with Crippen LogP contribution >= 0.6 is 0 Å². The highest BCUT2D eigenvalue weighted by Crippen LogP contribution is 2.32. The lowest BCUT2D eigenvalue weighted by molar-refractivity contribution is 0.272. The van der Waals surface area contributed by atoms with Gasteiger partial charge >= 0.3 is 0 Å². The predicted molar refractivity (Wildman–Crippen MR) is 135 cm³/mol. The lowest BCUT2D eigenvalue weighted by atomic mass is 9.83. The Kier molecular flexibility index (Phi) is 6.34. The van der Waals surface area contributed by atoms with Crippen LogP contribution in [-0.2, 0) is 6.42 Å². The molecular weight excluding hydrogens is 438 g/mol. The Morgan fingerprint density at radius 2 is 2.00 bits per heavy atom. The number of anilines is 1. The summed E-state index contributed by atoms with van der Waals surface area (Å²) in [4.78, 5) is 11.7. The van der Waals surface area contributed by atoms with Crippen molar-refractivity contribution in [3.05, 3.63) is 72.4 Å². The smallest absolute Gasteiger partial charge is 0.138 e. The summed E-state index contributed by atoms with van der Waals surface area (Å²) < 4.78 is 7.43. The largest absolute Gasteiger partial charge is 0.492 e. The molecule has 35 heavy (non-hydrogen) atoms. The van der Waals surface area contributed by atoms with Gasteiger partial charge in [0.1, 0.15) is 17.6 Å². The van der Waals surface area contributed by atoms with E-state index in [1.54, 1.807) is 16.9 Å². The van der Waals surface area contributed by atoms with Crippen LogP contribution in [0.3, 0.4) is 0 Å². The first-order valence-electron chi connectivity index (χ1n) is 12.0. The Hall–Kier alpha value is -3.96. The number of pyridine rings is 3. The van der Waals surface area contributed by atoms with E-state index < -0.39 is 0 Å². The third-order valence-electron chi connectivity index (χ3n) is 6.90. The van der Waals surface area contributed by atoms with Gasteiger partial charge < -0.3 is 15.0 Å². The number of nitrogens with one attached hydrogen (secondary N) is 1. The molecule has 0 bridgehead atoms. The molecule has 0 spiro atoms. The van der Waals surface area contributed by atoms with Gasteiger partial charge in [0.25, 0.3) is 0 Å². The van der Waals surface area contributed by atoms with Crippen LogP contribution in [0.2, 0.25) is 0 Å². The van der Waals surface area contributed by atoms with Gasteiger partial charge in [-0.2, -0.15) is 10.4 Å². The maximum Gasteiger partial charge on any atom is 0.138 e. The van der Waals surface area contributed by atoms with Gasteiger partial charge in [0.2, 0.25) is 0 Å². The van der Waals surface area contributed by atoms with Crippen molar-refractivity contribution in [2.24, 2.45) is 0 Å². The van der Waals surface area contributed by atoms with Crippen LogP contribution in [0.15, 0.2) is 61.2 Å². The summed E-state index contributed by atoms with van der Waals surface area (Å²) in [7, 11) is 2.05. The minimum Gasteiger partial charge on any atom is -0.492 e. The highest BCUT2D eigenvalue weighted by Gasteiger charge is 2.34.